The van der Waals surface area contributed by atoms with Gasteiger partial charge in [0.1, 0.15) is 17.5 Å². The Morgan fingerprint density at radius 3 is 2.23 bits per heavy atom. The smallest absolute Gasteiger partial charge is 0.263 e. The van der Waals surface area contributed by atoms with Gasteiger partial charge in [-0.2, -0.15) is 4.31 Å². The van der Waals surface area contributed by atoms with E-state index in [4.69, 9.17) is 9.94 Å². The van der Waals surface area contributed by atoms with Crippen LogP contribution >= 0.6 is 15.9 Å². The molecule has 1 fully saturated rings. The lowest BCUT2D eigenvalue weighted by molar-refractivity contribution is -0.134. The molecule has 8 nitrogen and oxygen atoms in total. The topological polar surface area (TPSA) is 113 Å². The van der Waals surface area contributed by atoms with Crippen LogP contribution in [0.15, 0.2) is 57.9 Å². The monoisotopic (exact) mass is 516 g/mol. The SMILES string of the molecule is CC1(C)C(C(=O)NO)N(S(=O)(=O)c2ccc(Oc3ccc(Br)cc3)cc2)CCS1=O. The van der Waals surface area contributed by atoms with E-state index in [0.29, 0.717) is 11.5 Å². The standard InChI is InChI=1S/C19H21BrN2O6S2/c1-19(2)17(18(23)21-24)22(11-12-29(19)25)30(26,27)16-9-7-15(8-10-16)28-14-5-3-13(20)4-6-14/h3-10,17,24H,11-12H2,1-2H3,(H,21,23). The van der Waals surface area contributed by atoms with Crippen molar-refractivity contribution in [2.75, 3.05) is 12.3 Å². The summed E-state index contributed by atoms with van der Waals surface area (Å²) in [6.45, 7) is 2.98. The van der Waals surface area contributed by atoms with E-state index in [1.807, 2.05) is 12.1 Å². The second-order valence-corrected chi connectivity index (χ2v) is 12.1. The first-order valence-corrected chi connectivity index (χ1v) is 12.5. The number of hydrogen-bond acceptors (Lipinski definition) is 6. The van der Waals surface area contributed by atoms with Gasteiger partial charge in [-0.1, -0.05) is 15.9 Å². The molecule has 2 aromatic rings. The molecule has 11 heteroatoms. The maximum absolute atomic E-state index is 13.2. The van der Waals surface area contributed by atoms with Crippen LogP contribution < -0.4 is 10.2 Å². The molecular formula is C19H21BrN2O6S2. The first-order valence-electron chi connectivity index (χ1n) is 8.95. The fourth-order valence-corrected chi connectivity index (χ4v) is 6.79. The van der Waals surface area contributed by atoms with Gasteiger partial charge in [-0.3, -0.25) is 14.2 Å². The van der Waals surface area contributed by atoms with Gasteiger partial charge in [0.2, 0.25) is 10.0 Å². The second-order valence-electron chi connectivity index (χ2n) is 7.17. The van der Waals surface area contributed by atoms with Crippen LogP contribution in [0.2, 0.25) is 0 Å². The molecule has 3 rings (SSSR count). The summed E-state index contributed by atoms with van der Waals surface area (Å²) in [6, 6.07) is 11.7. The number of ether oxygens (including phenoxy) is 1. The van der Waals surface area contributed by atoms with Gasteiger partial charge < -0.3 is 4.74 Å². The molecule has 0 bridgehead atoms. The third kappa shape index (κ3) is 4.45. The fraction of sp³-hybridized carbons (Fsp3) is 0.316. The summed E-state index contributed by atoms with van der Waals surface area (Å²) in [6.07, 6.45) is 0. The van der Waals surface area contributed by atoms with E-state index in [2.05, 4.69) is 15.9 Å². The van der Waals surface area contributed by atoms with Crippen molar-refractivity contribution in [3.63, 3.8) is 0 Å². The van der Waals surface area contributed by atoms with E-state index >= 15 is 0 Å². The van der Waals surface area contributed by atoms with Crippen LogP contribution in [0.4, 0.5) is 0 Å². The number of hydroxylamine groups is 1. The third-order valence-corrected chi connectivity index (χ3v) is 9.23. The quantitative estimate of drug-likeness (QED) is 0.466. The molecular weight excluding hydrogens is 496 g/mol. The van der Waals surface area contributed by atoms with E-state index in [1.165, 1.54) is 29.7 Å². The molecule has 0 radical (unpaired) electrons. The molecule has 2 aromatic carbocycles. The average Bonchev–Trinajstić information content (AvgIpc) is 2.71. The molecule has 2 atom stereocenters. The number of halogens is 1. The van der Waals surface area contributed by atoms with Crippen molar-refractivity contribution in [1.29, 1.82) is 0 Å². The maximum atomic E-state index is 13.2. The van der Waals surface area contributed by atoms with Crippen LogP contribution in [0, 0.1) is 0 Å². The number of nitrogens with one attached hydrogen (secondary N) is 1. The van der Waals surface area contributed by atoms with Crippen molar-refractivity contribution in [3.05, 3.63) is 53.0 Å². The van der Waals surface area contributed by atoms with Gasteiger partial charge in [-0.15, -0.1) is 0 Å². The zero-order valence-corrected chi connectivity index (χ0v) is 19.5. The molecule has 2 unspecified atom stereocenters. The van der Waals surface area contributed by atoms with Crippen molar-refractivity contribution in [1.82, 2.24) is 9.79 Å². The van der Waals surface area contributed by atoms with Gasteiger partial charge in [-0.05, 0) is 62.4 Å². The van der Waals surface area contributed by atoms with Gasteiger partial charge >= 0.3 is 0 Å². The van der Waals surface area contributed by atoms with Crippen molar-refractivity contribution in [2.24, 2.45) is 0 Å². The van der Waals surface area contributed by atoms with Crippen molar-refractivity contribution < 1.29 is 27.4 Å². The summed E-state index contributed by atoms with van der Waals surface area (Å²) in [5.74, 6) is 0.202. The zero-order chi connectivity index (χ0) is 22.1. The normalized spacial score (nSPS) is 21.7. The first-order chi connectivity index (χ1) is 14.1. The summed E-state index contributed by atoms with van der Waals surface area (Å²) in [5, 5.41) is 9.11. The molecule has 1 aliphatic rings. The fourth-order valence-electron chi connectivity index (χ4n) is 3.26. The predicted molar refractivity (Wildman–Crippen MR) is 115 cm³/mol. The Balaban J connectivity index is 1.89. The average molecular weight is 517 g/mol. The number of hydrogen-bond donors (Lipinski definition) is 2. The summed E-state index contributed by atoms with van der Waals surface area (Å²) in [5.41, 5.74) is 1.50. The Morgan fingerprint density at radius 2 is 1.70 bits per heavy atom. The molecule has 0 saturated carbocycles. The van der Waals surface area contributed by atoms with Gasteiger partial charge in [0.15, 0.2) is 0 Å². The van der Waals surface area contributed by atoms with Gasteiger partial charge in [0.25, 0.3) is 5.91 Å². The number of amides is 1. The van der Waals surface area contributed by atoms with Crippen molar-refractivity contribution in [2.45, 2.75) is 29.5 Å². The molecule has 1 aliphatic heterocycles. The minimum Gasteiger partial charge on any atom is -0.457 e. The van der Waals surface area contributed by atoms with Gasteiger partial charge in [0, 0.05) is 27.6 Å². The summed E-state index contributed by atoms with van der Waals surface area (Å²) >= 11 is 3.34. The molecule has 0 aromatic heterocycles. The van der Waals surface area contributed by atoms with Crippen LogP contribution in [-0.4, -0.2) is 51.1 Å². The third-order valence-electron chi connectivity index (χ3n) is 4.87. The number of benzene rings is 2. The number of nitrogens with zero attached hydrogens (tertiary/aromatic N) is 1. The highest BCUT2D eigenvalue weighted by atomic mass is 79.9. The van der Waals surface area contributed by atoms with Gasteiger partial charge in [0.05, 0.1) is 9.64 Å². The molecule has 1 amide bonds. The van der Waals surface area contributed by atoms with E-state index < -0.39 is 37.5 Å². The Morgan fingerprint density at radius 1 is 1.17 bits per heavy atom. The molecule has 162 valence electrons. The highest BCUT2D eigenvalue weighted by Crippen LogP contribution is 2.33. The Labute approximate surface area is 185 Å². The van der Waals surface area contributed by atoms with E-state index in [-0.39, 0.29) is 17.2 Å². The molecule has 1 heterocycles. The lowest BCUT2D eigenvalue weighted by Crippen LogP contribution is -2.64. The second kappa shape index (κ2) is 8.75. The maximum Gasteiger partial charge on any atom is 0.263 e. The summed E-state index contributed by atoms with van der Waals surface area (Å²) in [4.78, 5) is 12.2. The van der Waals surface area contributed by atoms with E-state index in [0.717, 1.165) is 8.78 Å². The zero-order valence-electron chi connectivity index (χ0n) is 16.2. The molecule has 30 heavy (non-hydrogen) atoms. The lowest BCUT2D eigenvalue weighted by atomic mass is 10.0. The van der Waals surface area contributed by atoms with Gasteiger partial charge in [-0.25, -0.2) is 13.9 Å². The van der Waals surface area contributed by atoms with Crippen LogP contribution in [-0.2, 0) is 25.6 Å². The Bertz CT molecular complexity index is 1060. The Hall–Kier alpha value is -1.79. The minimum absolute atomic E-state index is 0.0371. The number of carbonyl (C=O) groups excluding carboxylic acids is 1. The van der Waals surface area contributed by atoms with Crippen LogP contribution in [0.25, 0.3) is 0 Å². The number of carbonyl (C=O) groups is 1. The summed E-state index contributed by atoms with van der Waals surface area (Å²) < 4.78 is 45.3. The van der Waals surface area contributed by atoms with E-state index in [9.17, 15) is 17.4 Å². The minimum atomic E-state index is -4.09. The van der Waals surface area contributed by atoms with Crippen LogP contribution in [0.3, 0.4) is 0 Å². The molecule has 1 saturated heterocycles. The Kier molecular flexibility index (Phi) is 6.68. The number of rotatable bonds is 5. The highest BCUT2D eigenvalue weighted by molar-refractivity contribution is 9.10. The number of sulfonamides is 1. The first kappa shape index (κ1) is 22.9. The molecule has 0 spiro atoms. The van der Waals surface area contributed by atoms with Crippen LogP contribution in [0.1, 0.15) is 13.8 Å². The lowest BCUT2D eigenvalue weighted by Gasteiger charge is -2.42. The van der Waals surface area contributed by atoms with E-state index in [1.54, 1.807) is 26.0 Å². The highest BCUT2D eigenvalue weighted by Gasteiger charge is 2.51. The predicted octanol–water partition coefficient (Wildman–Crippen LogP) is 2.65. The van der Waals surface area contributed by atoms with Crippen LogP contribution in [0.5, 0.6) is 11.5 Å². The molecule has 0 aliphatic carbocycles. The van der Waals surface area contributed by atoms with Crippen molar-refractivity contribution in [3.8, 4) is 11.5 Å². The van der Waals surface area contributed by atoms with Crippen molar-refractivity contribution >= 4 is 42.7 Å². The summed E-state index contributed by atoms with van der Waals surface area (Å²) in [7, 11) is -5.53. The largest absolute Gasteiger partial charge is 0.457 e. The molecule has 2 N–H and O–H groups in total.